The van der Waals surface area contributed by atoms with E-state index >= 15 is 0 Å². The smallest absolute Gasteiger partial charge is 0.225 e. The topological polar surface area (TPSA) is 115 Å². The first-order valence-electron chi connectivity index (χ1n) is 7.46. The molecule has 0 aromatic carbocycles. The van der Waals surface area contributed by atoms with Gasteiger partial charge in [-0.2, -0.15) is 0 Å². The molecular weight excluding hydrogens is 270 g/mol. The van der Waals surface area contributed by atoms with Crippen molar-refractivity contribution in [2.24, 2.45) is 28.7 Å². The van der Waals surface area contributed by atoms with Crippen molar-refractivity contribution in [1.82, 2.24) is 5.32 Å². The summed E-state index contributed by atoms with van der Waals surface area (Å²) in [6.45, 7) is 5.40. The van der Waals surface area contributed by atoms with E-state index < -0.39 is 17.0 Å². The molecule has 1 aliphatic rings. The molecule has 21 heavy (non-hydrogen) atoms. The average Bonchev–Trinajstić information content (AvgIpc) is 2.45. The number of hydrogen-bond acceptors (Lipinski definition) is 5. The second kappa shape index (κ2) is 6.66. The highest BCUT2D eigenvalue weighted by Crippen LogP contribution is 2.35. The van der Waals surface area contributed by atoms with E-state index in [1.54, 1.807) is 0 Å². The fourth-order valence-electron chi connectivity index (χ4n) is 2.77. The van der Waals surface area contributed by atoms with Gasteiger partial charge < -0.3 is 16.8 Å². The highest BCUT2D eigenvalue weighted by atomic mass is 16.2. The number of aldehydes is 1. The molecule has 1 unspecified atom stereocenters. The van der Waals surface area contributed by atoms with Crippen LogP contribution in [-0.2, 0) is 14.4 Å². The Balaban J connectivity index is 2.89. The summed E-state index contributed by atoms with van der Waals surface area (Å²) in [4.78, 5) is 35.9. The lowest BCUT2D eigenvalue weighted by Crippen LogP contribution is -2.63. The van der Waals surface area contributed by atoms with Crippen LogP contribution in [0.15, 0.2) is 0 Å². The summed E-state index contributed by atoms with van der Waals surface area (Å²) in [6, 6.07) is 0. The number of carbonyl (C=O) groups excluding carboxylic acids is 3. The predicted octanol–water partition coefficient (Wildman–Crippen LogP) is 0.337. The molecule has 3 atom stereocenters. The highest BCUT2D eigenvalue weighted by molar-refractivity contribution is 5.92. The van der Waals surface area contributed by atoms with Crippen LogP contribution in [0, 0.1) is 17.3 Å². The quantitative estimate of drug-likeness (QED) is 0.500. The molecule has 1 aliphatic carbocycles. The van der Waals surface area contributed by atoms with Crippen molar-refractivity contribution < 1.29 is 14.4 Å². The number of rotatable bonds is 5. The van der Waals surface area contributed by atoms with Gasteiger partial charge in [-0.3, -0.25) is 14.4 Å². The fourth-order valence-corrected chi connectivity index (χ4v) is 2.77. The molecule has 5 N–H and O–H groups in total. The number of ketones is 1. The summed E-state index contributed by atoms with van der Waals surface area (Å²) < 4.78 is 0. The Hall–Kier alpha value is -1.27. The Labute approximate surface area is 126 Å². The maximum atomic E-state index is 12.5. The first-order chi connectivity index (χ1) is 9.64. The number of carbonyl (C=O) groups is 3. The number of amides is 1. The standard InChI is InChI=1S/C15H27N3O3/c1-14(2,3)12(20)10-6-4-5-7-11(10)13(21)18-15(17,8-16)9-19/h9-11H,4-8,16-17H2,1-3H3,(H,18,21)/t10-,11+,15?/m1/s1. The zero-order valence-electron chi connectivity index (χ0n) is 13.1. The van der Waals surface area contributed by atoms with Gasteiger partial charge in [-0.15, -0.1) is 0 Å². The van der Waals surface area contributed by atoms with Crippen molar-refractivity contribution in [3.05, 3.63) is 0 Å². The number of hydrogen-bond donors (Lipinski definition) is 3. The zero-order chi connectivity index (χ0) is 16.3. The summed E-state index contributed by atoms with van der Waals surface area (Å²) in [6.07, 6.45) is 3.61. The van der Waals surface area contributed by atoms with E-state index in [2.05, 4.69) is 5.32 Å². The molecule has 0 aromatic rings. The first kappa shape index (κ1) is 17.8. The van der Waals surface area contributed by atoms with E-state index in [9.17, 15) is 14.4 Å². The fraction of sp³-hybridized carbons (Fsp3) is 0.800. The van der Waals surface area contributed by atoms with Crippen molar-refractivity contribution in [2.75, 3.05) is 6.54 Å². The monoisotopic (exact) mass is 297 g/mol. The molecular formula is C15H27N3O3. The van der Waals surface area contributed by atoms with E-state index in [1.165, 1.54) is 0 Å². The minimum Gasteiger partial charge on any atom is -0.331 e. The van der Waals surface area contributed by atoms with Gasteiger partial charge in [-0.05, 0) is 12.8 Å². The molecule has 0 aromatic heterocycles. The van der Waals surface area contributed by atoms with E-state index in [1.807, 2.05) is 20.8 Å². The lowest BCUT2D eigenvalue weighted by molar-refractivity contribution is -0.141. The third kappa shape index (κ3) is 4.35. The van der Waals surface area contributed by atoms with E-state index in [4.69, 9.17) is 11.5 Å². The van der Waals surface area contributed by atoms with Crippen LogP contribution in [0.4, 0.5) is 0 Å². The molecule has 120 valence electrons. The minimum atomic E-state index is -1.55. The molecule has 0 radical (unpaired) electrons. The second-order valence-electron chi connectivity index (χ2n) is 6.96. The molecule has 0 heterocycles. The van der Waals surface area contributed by atoms with Crippen molar-refractivity contribution in [3.8, 4) is 0 Å². The van der Waals surface area contributed by atoms with Crippen molar-refractivity contribution >= 4 is 18.0 Å². The van der Waals surface area contributed by atoms with Gasteiger partial charge in [0, 0.05) is 23.8 Å². The van der Waals surface area contributed by atoms with Crippen LogP contribution in [0.5, 0.6) is 0 Å². The Bertz CT molecular complexity index is 417. The van der Waals surface area contributed by atoms with Crippen molar-refractivity contribution in [2.45, 2.75) is 52.1 Å². The zero-order valence-corrected chi connectivity index (χ0v) is 13.1. The van der Waals surface area contributed by atoms with Crippen LogP contribution in [0.25, 0.3) is 0 Å². The van der Waals surface area contributed by atoms with E-state index in [0.717, 1.165) is 12.8 Å². The molecule has 1 saturated carbocycles. The molecule has 6 heteroatoms. The molecule has 0 spiro atoms. The van der Waals surface area contributed by atoms with E-state index in [0.29, 0.717) is 19.1 Å². The lowest BCUT2D eigenvalue weighted by Gasteiger charge is -2.35. The molecule has 0 bridgehead atoms. The van der Waals surface area contributed by atoms with Crippen LogP contribution in [0.3, 0.4) is 0 Å². The van der Waals surface area contributed by atoms with Gasteiger partial charge in [0.2, 0.25) is 5.91 Å². The molecule has 0 aliphatic heterocycles. The van der Waals surface area contributed by atoms with Crippen molar-refractivity contribution in [1.29, 1.82) is 0 Å². The van der Waals surface area contributed by atoms with Gasteiger partial charge in [0.1, 0.15) is 5.78 Å². The number of nitrogens with two attached hydrogens (primary N) is 2. The Morgan fingerprint density at radius 3 is 2.14 bits per heavy atom. The largest absolute Gasteiger partial charge is 0.331 e. The maximum absolute atomic E-state index is 12.5. The third-order valence-corrected chi connectivity index (χ3v) is 4.08. The second-order valence-corrected chi connectivity index (χ2v) is 6.96. The van der Waals surface area contributed by atoms with Crippen LogP contribution in [0.2, 0.25) is 0 Å². The van der Waals surface area contributed by atoms with Gasteiger partial charge in [-0.25, -0.2) is 0 Å². The molecule has 1 rings (SSSR count). The Morgan fingerprint density at radius 2 is 1.71 bits per heavy atom. The Morgan fingerprint density at radius 1 is 1.19 bits per heavy atom. The van der Waals surface area contributed by atoms with Gasteiger partial charge in [0.05, 0.1) is 0 Å². The first-order valence-corrected chi connectivity index (χ1v) is 7.46. The SMILES string of the molecule is CC(C)(C)C(=O)[C@@H]1CCCC[C@@H]1C(=O)NC(N)(C=O)CN. The van der Waals surface area contributed by atoms with Crippen LogP contribution in [0.1, 0.15) is 46.5 Å². The lowest BCUT2D eigenvalue weighted by atomic mass is 9.70. The highest BCUT2D eigenvalue weighted by Gasteiger charge is 2.41. The van der Waals surface area contributed by atoms with Crippen LogP contribution >= 0.6 is 0 Å². The number of nitrogens with one attached hydrogen (secondary N) is 1. The van der Waals surface area contributed by atoms with Gasteiger partial charge >= 0.3 is 0 Å². The van der Waals surface area contributed by atoms with Gasteiger partial charge in [-0.1, -0.05) is 33.6 Å². The minimum absolute atomic E-state index is 0.0869. The third-order valence-electron chi connectivity index (χ3n) is 4.08. The molecule has 1 fully saturated rings. The van der Waals surface area contributed by atoms with Crippen LogP contribution in [-0.4, -0.2) is 30.2 Å². The van der Waals surface area contributed by atoms with E-state index in [-0.39, 0.29) is 24.2 Å². The number of Topliss-reactive ketones (excluding diaryl/α,β-unsaturated/α-hetero) is 1. The molecule has 0 saturated heterocycles. The van der Waals surface area contributed by atoms with Crippen molar-refractivity contribution in [3.63, 3.8) is 0 Å². The summed E-state index contributed by atoms with van der Waals surface area (Å²) in [5.74, 6) is -1.01. The predicted molar refractivity (Wildman–Crippen MR) is 80.1 cm³/mol. The molecule has 6 nitrogen and oxygen atoms in total. The van der Waals surface area contributed by atoms with Gasteiger partial charge in [0.15, 0.2) is 11.9 Å². The molecule has 1 amide bonds. The average molecular weight is 297 g/mol. The summed E-state index contributed by atoms with van der Waals surface area (Å²) >= 11 is 0. The van der Waals surface area contributed by atoms with Gasteiger partial charge in [0.25, 0.3) is 0 Å². The maximum Gasteiger partial charge on any atom is 0.225 e. The summed E-state index contributed by atoms with van der Waals surface area (Å²) in [7, 11) is 0. The normalized spacial score (nSPS) is 25.8. The summed E-state index contributed by atoms with van der Waals surface area (Å²) in [5.41, 5.74) is 9.08. The summed E-state index contributed by atoms with van der Waals surface area (Å²) in [5, 5.41) is 2.49. The Kier molecular flexibility index (Phi) is 5.64. The van der Waals surface area contributed by atoms with Crippen LogP contribution < -0.4 is 16.8 Å².